The molecule has 11 nitrogen and oxygen atoms in total. The molecule has 3 aromatic rings. The van der Waals surface area contributed by atoms with Crippen LogP contribution in [0.2, 0.25) is 0 Å². The smallest absolute Gasteiger partial charge is 0.229 e. The first kappa shape index (κ1) is 27.7. The number of nitrogens with zero attached hydrogens (tertiary/aromatic N) is 4. The third-order valence-corrected chi connectivity index (χ3v) is 7.37. The molecule has 2 aliphatic heterocycles. The van der Waals surface area contributed by atoms with Gasteiger partial charge in [-0.15, -0.1) is 0 Å². The van der Waals surface area contributed by atoms with Crippen LogP contribution in [0.5, 0.6) is 0 Å². The van der Waals surface area contributed by atoms with Crippen molar-refractivity contribution in [2.24, 2.45) is 5.92 Å². The van der Waals surface area contributed by atoms with Crippen molar-refractivity contribution < 1.29 is 18.7 Å². The highest BCUT2D eigenvalue weighted by atomic mass is 19.1. The van der Waals surface area contributed by atoms with Gasteiger partial charge >= 0.3 is 0 Å². The maximum Gasteiger partial charge on any atom is 0.229 e. The molecular formula is C28H35FN8O3. The number of hydrogen-bond donors (Lipinski definition) is 4. The van der Waals surface area contributed by atoms with E-state index in [9.17, 15) is 9.59 Å². The molecule has 1 unspecified atom stereocenters. The lowest BCUT2D eigenvalue weighted by atomic mass is 9.99. The van der Waals surface area contributed by atoms with Gasteiger partial charge in [0.15, 0.2) is 11.4 Å². The fraction of sp³-hybridized carbons (Fsp3) is 0.464. The summed E-state index contributed by atoms with van der Waals surface area (Å²) in [6.45, 7) is 10.2. The minimum absolute atomic E-state index is 0.0518. The van der Waals surface area contributed by atoms with Gasteiger partial charge in [0.05, 0.1) is 23.4 Å². The first-order chi connectivity index (χ1) is 19.4. The molecule has 1 atom stereocenters. The summed E-state index contributed by atoms with van der Waals surface area (Å²) in [6.07, 6.45) is 5.23. The van der Waals surface area contributed by atoms with Crippen LogP contribution in [0.3, 0.4) is 0 Å². The van der Waals surface area contributed by atoms with E-state index in [0.717, 1.165) is 31.0 Å². The van der Waals surface area contributed by atoms with Gasteiger partial charge in [0.25, 0.3) is 0 Å². The second kappa shape index (κ2) is 12.1. The Bertz CT molecular complexity index is 1410. The zero-order valence-electron chi connectivity index (χ0n) is 22.8. The van der Waals surface area contributed by atoms with E-state index in [1.807, 2.05) is 0 Å². The molecular weight excluding hydrogens is 515 g/mol. The molecule has 0 spiro atoms. The number of hydrogen-bond acceptors (Lipinski definition) is 9. The van der Waals surface area contributed by atoms with E-state index in [1.54, 1.807) is 10.7 Å². The highest BCUT2D eigenvalue weighted by Gasteiger charge is 2.26. The summed E-state index contributed by atoms with van der Waals surface area (Å²) in [4.78, 5) is 35.1. The molecule has 40 heavy (non-hydrogen) atoms. The Morgan fingerprint density at radius 1 is 1.25 bits per heavy atom. The Balaban J connectivity index is 1.47. The van der Waals surface area contributed by atoms with E-state index in [4.69, 9.17) is 9.72 Å². The van der Waals surface area contributed by atoms with E-state index >= 15 is 4.39 Å². The highest BCUT2D eigenvalue weighted by Crippen LogP contribution is 2.28. The number of halogens is 1. The Hall–Kier alpha value is -3.90. The van der Waals surface area contributed by atoms with Crippen molar-refractivity contribution in [2.45, 2.75) is 51.6 Å². The van der Waals surface area contributed by atoms with Crippen LogP contribution < -0.4 is 21.3 Å². The molecule has 0 saturated carbocycles. The predicted molar refractivity (Wildman–Crippen MR) is 150 cm³/mol. The van der Waals surface area contributed by atoms with Crippen molar-refractivity contribution in [1.29, 1.82) is 0 Å². The highest BCUT2D eigenvalue weighted by molar-refractivity contribution is 6.11. The summed E-state index contributed by atoms with van der Waals surface area (Å²) in [5.74, 6) is -0.579. The fourth-order valence-electron chi connectivity index (χ4n) is 5.07. The van der Waals surface area contributed by atoms with Gasteiger partial charge in [-0.25, -0.2) is 4.39 Å². The Morgan fingerprint density at radius 2 is 2.05 bits per heavy atom. The molecule has 4 N–H and O–H groups in total. The van der Waals surface area contributed by atoms with Crippen LogP contribution in [0, 0.1) is 11.7 Å². The van der Waals surface area contributed by atoms with E-state index in [1.165, 1.54) is 12.1 Å². The summed E-state index contributed by atoms with van der Waals surface area (Å²) < 4.78 is 22.3. The van der Waals surface area contributed by atoms with Gasteiger partial charge in [-0.2, -0.15) is 19.6 Å². The largest absolute Gasteiger partial charge is 0.381 e. The molecule has 5 rings (SSSR count). The van der Waals surface area contributed by atoms with Crippen LogP contribution in [0.4, 0.5) is 22.0 Å². The lowest BCUT2D eigenvalue weighted by molar-refractivity contribution is -0.119. The molecule has 1 amide bonds. The van der Waals surface area contributed by atoms with E-state index in [0.29, 0.717) is 43.7 Å². The number of aromatic nitrogens is 4. The zero-order chi connectivity index (χ0) is 28.2. The summed E-state index contributed by atoms with van der Waals surface area (Å²) in [5.41, 5.74) is 1.97. The number of amides is 1. The average Bonchev–Trinajstić information content (AvgIpc) is 3.64. The summed E-state index contributed by atoms with van der Waals surface area (Å²) in [7, 11) is 0. The van der Waals surface area contributed by atoms with Crippen LogP contribution in [0.15, 0.2) is 31.0 Å². The fourth-order valence-corrected chi connectivity index (χ4v) is 5.07. The second-order valence-electron chi connectivity index (χ2n) is 10.4. The van der Waals surface area contributed by atoms with Gasteiger partial charge in [-0.1, -0.05) is 20.4 Å². The maximum atomic E-state index is 15.3. The zero-order valence-corrected chi connectivity index (χ0v) is 22.8. The Labute approximate surface area is 232 Å². The molecule has 0 bridgehead atoms. The SMILES string of the molecule is C=CC(=O)c1c(NC(=O)C2CCNC2)ccc(F)c1CNc1nc(NC2CCOCC2)nc2c(C(C)C)cnn12. The van der Waals surface area contributed by atoms with Crippen molar-refractivity contribution in [1.82, 2.24) is 24.9 Å². The molecule has 1 aromatic carbocycles. The molecule has 2 aromatic heterocycles. The maximum absolute atomic E-state index is 15.3. The molecule has 0 aliphatic carbocycles. The summed E-state index contributed by atoms with van der Waals surface area (Å²) >= 11 is 0. The topological polar surface area (TPSA) is 135 Å². The molecule has 4 heterocycles. The standard InChI is InChI=1S/C28H35FN8O3/c1-4-23(38)24-20(21(29)5-6-22(24)34-26(39)17-7-10-30-13-17)14-31-28-36-27(33-18-8-11-40-12-9-18)35-25-19(16(2)3)15-32-37(25)28/h4-6,15-18,30H,1,7-14H2,2-3H3,(H,34,39)(H2,31,33,35,36). The minimum atomic E-state index is -0.590. The quantitative estimate of drug-likeness (QED) is 0.221. The van der Waals surface area contributed by atoms with Crippen LogP contribution in [0.1, 0.15) is 60.5 Å². The summed E-state index contributed by atoms with van der Waals surface area (Å²) in [5, 5.41) is 17.0. The number of allylic oxidation sites excluding steroid dienone is 1. The van der Waals surface area contributed by atoms with Gasteiger partial charge in [0, 0.05) is 43.5 Å². The molecule has 0 radical (unpaired) electrons. The number of rotatable bonds is 10. The second-order valence-corrected chi connectivity index (χ2v) is 10.4. The van der Waals surface area contributed by atoms with Crippen LogP contribution >= 0.6 is 0 Å². The Morgan fingerprint density at radius 3 is 2.75 bits per heavy atom. The number of carbonyl (C=O) groups is 2. The number of anilines is 3. The van der Waals surface area contributed by atoms with Crippen molar-refractivity contribution in [2.75, 3.05) is 42.3 Å². The Kier molecular flexibility index (Phi) is 8.36. The number of ether oxygens (including phenoxy) is 1. The van der Waals surface area contributed by atoms with E-state index in [-0.39, 0.29) is 47.1 Å². The monoisotopic (exact) mass is 550 g/mol. The number of fused-ring (bicyclic) bond motifs is 1. The molecule has 2 saturated heterocycles. The lowest BCUT2D eigenvalue weighted by Crippen LogP contribution is -2.29. The third-order valence-electron chi connectivity index (χ3n) is 7.37. The molecule has 2 aliphatic rings. The number of ketones is 1. The molecule has 12 heteroatoms. The van der Waals surface area contributed by atoms with Crippen LogP contribution in [-0.4, -0.2) is 63.6 Å². The van der Waals surface area contributed by atoms with Crippen LogP contribution in [-0.2, 0) is 16.1 Å². The summed E-state index contributed by atoms with van der Waals surface area (Å²) in [6, 6.07) is 2.83. The van der Waals surface area contributed by atoms with Gasteiger partial charge in [0.2, 0.25) is 17.8 Å². The van der Waals surface area contributed by atoms with Crippen molar-refractivity contribution in [3.8, 4) is 0 Å². The average molecular weight is 551 g/mol. The third kappa shape index (κ3) is 5.82. The number of carbonyl (C=O) groups excluding carboxylic acids is 2. The number of benzene rings is 1. The minimum Gasteiger partial charge on any atom is -0.381 e. The first-order valence-corrected chi connectivity index (χ1v) is 13.7. The van der Waals surface area contributed by atoms with Crippen molar-refractivity contribution in [3.63, 3.8) is 0 Å². The van der Waals surface area contributed by atoms with Crippen molar-refractivity contribution >= 4 is 34.9 Å². The van der Waals surface area contributed by atoms with Gasteiger partial charge in [0.1, 0.15) is 5.82 Å². The molecule has 212 valence electrons. The predicted octanol–water partition coefficient (Wildman–Crippen LogP) is 3.51. The van der Waals surface area contributed by atoms with Gasteiger partial charge in [-0.3, -0.25) is 9.59 Å². The van der Waals surface area contributed by atoms with E-state index < -0.39 is 11.6 Å². The first-order valence-electron chi connectivity index (χ1n) is 13.7. The molecule has 2 fully saturated rings. The van der Waals surface area contributed by atoms with Crippen LogP contribution in [0.25, 0.3) is 5.65 Å². The number of nitrogens with one attached hydrogen (secondary N) is 4. The lowest BCUT2D eigenvalue weighted by Gasteiger charge is -2.23. The van der Waals surface area contributed by atoms with Gasteiger partial charge < -0.3 is 26.0 Å². The van der Waals surface area contributed by atoms with Gasteiger partial charge in [-0.05, 0) is 49.9 Å². The normalized spacial score (nSPS) is 17.8. The van der Waals surface area contributed by atoms with E-state index in [2.05, 4.69) is 51.8 Å². The van der Waals surface area contributed by atoms with Crippen molar-refractivity contribution in [3.05, 3.63) is 53.5 Å².